The Morgan fingerprint density at radius 3 is 2.88 bits per heavy atom. The summed E-state index contributed by atoms with van der Waals surface area (Å²) in [6.07, 6.45) is 2.59. The van der Waals surface area contributed by atoms with Gasteiger partial charge in [0.15, 0.2) is 0 Å². The fraction of sp³-hybridized carbons (Fsp3) is 0.231. The number of halogens is 1. The Balaban J connectivity index is 2.12. The van der Waals surface area contributed by atoms with Gasteiger partial charge in [-0.1, -0.05) is 18.2 Å². The number of carbonyl (C=O) groups excluding carboxylic acids is 1. The first-order valence-corrected chi connectivity index (χ1v) is 6.13. The maximum atomic E-state index is 13.4. The summed E-state index contributed by atoms with van der Waals surface area (Å²) in [6, 6.07) is 6.67. The van der Waals surface area contributed by atoms with E-state index in [-0.39, 0.29) is 11.6 Å². The van der Waals surface area contributed by atoms with Crippen LogP contribution in [0.5, 0.6) is 0 Å². The van der Waals surface area contributed by atoms with E-state index in [4.69, 9.17) is 0 Å². The van der Waals surface area contributed by atoms with Crippen molar-refractivity contribution in [3.8, 4) is 0 Å². The largest absolute Gasteiger partial charge is 0.300 e. The molecule has 0 N–H and O–H groups in total. The van der Waals surface area contributed by atoms with Crippen LogP contribution in [0.15, 0.2) is 30.5 Å². The Bertz CT molecular complexity index is 536. The second-order valence-corrected chi connectivity index (χ2v) is 5.07. The highest BCUT2D eigenvalue weighted by Crippen LogP contribution is 2.19. The van der Waals surface area contributed by atoms with Crippen molar-refractivity contribution in [3.63, 3.8) is 0 Å². The average molecular weight is 249 g/mol. The van der Waals surface area contributed by atoms with Gasteiger partial charge in [0, 0.05) is 23.9 Å². The molecule has 2 nitrogen and oxygen atoms in total. The minimum Gasteiger partial charge on any atom is -0.300 e. The van der Waals surface area contributed by atoms with Gasteiger partial charge in [0.05, 0.1) is 5.01 Å². The molecule has 88 valence electrons. The molecule has 0 aliphatic heterocycles. The predicted molar refractivity (Wildman–Crippen MR) is 65.7 cm³/mol. The molecule has 0 unspecified atom stereocenters. The van der Waals surface area contributed by atoms with Crippen molar-refractivity contribution in [2.45, 2.75) is 19.8 Å². The highest BCUT2D eigenvalue weighted by Gasteiger charge is 2.07. The number of hydrogen-bond acceptors (Lipinski definition) is 3. The number of benzene rings is 1. The van der Waals surface area contributed by atoms with Crippen LogP contribution in [-0.2, 0) is 17.6 Å². The Morgan fingerprint density at radius 2 is 2.18 bits per heavy atom. The van der Waals surface area contributed by atoms with E-state index in [1.54, 1.807) is 25.3 Å². The summed E-state index contributed by atoms with van der Waals surface area (Å²) in [6.45, 7) is 1.55. The van der Waals surface area contributed by atoms with E-state index in [9.17, 15) is 9.18 Å². The number of rotatable bonds is 4. The lowest BCUT2D eigenvalue weighted by molar-refractivity contribution is -0.116. The van der Waals surface area contributed by atoms with Gasteiger partial charge < -0.3 is 0 Å². The Labute approximate surface area is 103 Å². The highest BCUT2D eigenvalue weighted by atomic mass is 32.1. The summed E-state index contributed by atoms with van der Waals surface area (Å²) in [5.41, 5.74) is 0.635. The standard InChI is InChI=1S/C13H12FNOS/c1-9(16)6-11-8-15-13(17-11)7-10-4-2-3-5-12(10)14/h2-5,8H,6-7H2,1H3. The lowest BCUT2D eigenvalue weighted by Crippen LogP contribution is -1.92. The van der Waals surface area contributed by atoms with E-state index < -0.39 is 0 Å². The molecule has 0 saturated carbocycles. The van der Waals surface area contributed by atoms with E-state index in [1.165, 1.54) is 17.4 Å². The Hall–Kier alpha value is -1.55. The molecule has 0 atom stereocenters. The van der Waals surface area contributed by atoms with Crippen molar-refractivity contribution < 1.29 is 9.18 Å². The lowest BCUT2D eigenvalue weighted by atomic mass is 10.1. The average Bonchev–Trinajstić information content (AvgIpc) is 2.68. The molecular formula is C13H12FNOS. The van der Waals surface area contributed by atoms with Crippen molar-refractivity contribution in [2.24, 2.45) is 0 Å². The van der Waals surface area contributed by atoms with Crippen LogP contribution in [0.1, 0.15) is 22.4 Å². The van der Waals surface area contributed by atoms with Crippen LogP contribution in [0.3, 0.4) is 0 Å². The normalized spacial score (nSPS) is 10.5. The van der Waals surface area contributed by atoms with Crippen molar-refractivity contribution in [1.29, 1.82) is 0 Å². The lowest BCUT2D eigenvalue weighted by Gasteiger charge is -1.98. The molecule has 0 aliphatic rings. The molecule has 0 saturated heterocycles. The molecular weight excluding hydrogens is 237 g/mol. The second kappa shape index (κ2) is 5.19. The van der Waals surface area contributed by atoms with Crippen molar-refractivity contribution >= 4 is 17.1 Å². The number of aromatic nitrogens is 1. The minimum absolute atomic E-state index is 0.117. The maximum Gasteiger partial charge on any atom is 0.135 e. The number of ketones is 1. The maximum absolute atomic E-state index is 13.4. The van der Waals surface area contributed by atoms with Gasteiger partial charge in [-0.05, 0) is 18.6 Å². The first-order chi connectivity index (χ1) is 8.15. The van der Waals surface area contributed by atoms with Crippen LogP contribution in [0, 0.1) is 5.82 Å². The van der Waals surface area contributed by atoms with Crippen LogP contribution < -0.4 is 0 Å². The van der Waals surface area contributed by atoms with Gasteiger partial charge in [-0.25, -0.2) is 9.37 Å². The van der Waals surface area contributed by atoms with Crippen LogP contribution >= 0.6 is 11.3 Å². The molecule has 0 amide bonds. The van der Waals surface area contributed by atoms with Gasteiger partial charge in [-0.15, -0.1) is 11.3 Å². The molecule has 1 aromatic heterocycles. The topological polar surface area (TPSA) is 30.0 Å². The number of thiazole rings is 1. The van der Waals surface area contributed by atoms with E-state index in [2.05, 4.69) is 4.98 Å². The van der Waals surface area contributed by atoms with Crippen LogP contribution in [0.4, 0.5) is 4.39 Å². The van der Waals surface area contributed by atoms with Crippen molar-refractivity contribution in [3.05, 3.63) is 51.7 Å². The number of carbonyl (C=O) groups is 1. The predicted octanol–water partition coefficient (Wildman–Crippen LogP) is 3.00. The monoisotopic (exact) mass is 249 g/mol. The third kappa shape index (κ3) is 3.20. The third-order valence-electron chi connectivity index (χ3n) is 2.32. The summed E-state index contributed by atoms with van der Waals surface area (Å²) in [4.78, 5) is 16.1. The zero-order valence-corrected chi connectivity index (χ0v) is 10.3. The zero-order valence-electron chi connectivity index (χ0n) is 9.44. The molecule has 0 bridgehead atoms. The van der Waals surface area contributed by atoms with Gasteiger partial charge in [-0.2, -0.15) is 0 Å². The summed E-state index contributed by atoms with van der Waals surface area (Å²) in [7, 11) is 0. The fourth-order valence-corrected chi connectivity index (χ4v) is 2.58. The van der Waals surface area contributed by atoms with Gasteiger partial charge in [0.1, 0.15) is 11.6 Å². The number of nitrogens with zero attached hydrogens (tertiary/aromatic N) is 1. The van der Waals surface area contributed by atoms with Crippen LogP contribution in [0.25, 0.3) is 0 Å². The zero-order chi connectivity index (χ0) is 12.3. The number of hydrogen-bond donors (Lipinski definition) is 0. The van der Waals surface area contributed by atoms with Crippen LogP contribution in [-0.4, -0.2) is 10.8 Å². The summed E-state index contributed by atoms with van der Waals surface area (Å²) < 4.78 is 13.4. The van der Waals surface area contributed by atoms with E-state index >= 15 is 0 Å². The van der Waals surface area contributed by atoms with Crippen molar-refractivity contribution in [1.82, 2.24) is 4.98 Å². The molecule has 2 rings (SSSR count). The highest BCUT2D eigenvalue weighted by molar-refractivity contribution is 7.11. The fourth-order valence-electron chi connectivity index (χ4n) is 1.56. The SMILES string of the molecule is CC(=O)Cc1cnc(Cc2ccccc2F)s1. The van der Waals surface area contributed by atoms with Crippen molar-refractivity contribution in [2.75, 3.05) is 0 Å². The van der Waals surface area contributed by atoms with Crippen LogP contribution in [0.2, 0.25) is 0 Å². The third-order valence-corrected chi connectivity index (χ3v) is 3.32. The molecule has 2 aromatic rings. The summed E-state index contributed by atoms with van der Waals surface area (Å²) in [5.74, 6) is -0.0955. The summed E-state index contributed by atoms with van der Waals surface area (Å²) >= 11 is 1.47. The van der Waals surface area contributed by atoms with E-state index in [0.29, 0.717) is 18.4 Å². The molecule has 4 heteroatoms. The van der Waals surface area contributed by atoms with Gasteiger partial charge >= 0.3 is 0 Å². The molecule has 0 aliphatic carbocycles. The number of Topliss-reactive ketones (excluding diaryl/α,β-unsaturated/α-hetero) is 1. The minimum atomic E-state index is -0.212. The molecule has 1 heterocycles. The first-order valence-electron chi connectivity index (χ1n) is 5.31. The second-order valence-electron chi connectivity index (χ2n) is 3.87. The van der Waals surface area contributed by atoms with Gasteiger partial charge in [0.2, 0.25) is 0 Å². The molecule has 0 fully saturated rings. The Morgan fingerprint density at radius 1 is 1.41 bits per heavy atom. The smallest absolute Gasteiger partial charge is 0.135 e. The van der Waals surface area contributed by atoms with E-state index in [1.807, 2.05) is 6.07 Å². The molecule has 0 radical (unpaired) electrons. The quantitative estimate of drug-likeness (QED) is 0.833. The summed E-state index contributed by atoms with van der Waals surface area (Å²) in [5, 5.41) is 0.839. The molecule has 17 heavy (non-hydrogen) atoms. The molecule has 0 spiro atoms. The Kier molecular flexibility index (Phi) is 3.64. The van der Waals surface area contributed by atoms with Gasteiger partial charge in [-0.3, -0.25) is 4.79 Å². The molecule has 1 aromatic carbocycles. The van der Waals surface area contributed by atoms with E-state index in [0.717, 1.165) is 9.88 Å². The first kappa shape index (κ1) is 11.9. The van der Waals surface area contributed by atoms with Gasteiger partial charge in [0.25, 0.3) is 0 Å².